The van der Waals surface area contributed by atoms with E-state index in [1.165, 1.54) is 0 Å². The van der Waals surface area contributed by atoms with Crippen LogP contribution in [-0.4, -0.2) is 23.5 Å². The second kappa shape index (κ2) is 6.20. The van der Waals surface area contributed by atoms with Gasteiger partial charge in [0.1, 0.15) is 4.99 Å². The van der Waals surface area contributed by atoms with Crippen molar-refractivity contribution >= 4 is 46.3 Å². The van der Waals surface area contributed by atoms with E-state index < -0.39 is 0 Å². The van der Waals surface area contributed by atoms with E-state index >= 15 is 0 Å². The molecule has 0 spiro atoms. The van der Waals surface area contributed by atoms with Gasteiger partial charge in [0.25, 0.3) is 0 Å². The lowest BCUT2D eigenvalue weighted by molar-refractivity contribution is 1.23. The Bertz CT molecular complexity index is 355. The van der Waals surface area contributed by atoms with Crippen molar-refractivity contribution in [3.05, 3.63) is 28.8 Å². The van der Waals surface area contributed by atoms with Gasteiger partial charge in [-0.3, -0.25) is 0 Å². The van der Waals surface area contributed by atoms with Crippen molar-refractivity contribution in [1.82, 2.24) is 0 Å². The molecule has 0 aliphatic heterocycles. The SMILES string of the molecule is CSCCNc1cc(Cl)ccc1C(N)=S. The molecule has 0 saturated heterocycles. The Hall–Kier alpha value is -0.450. The topological polar surface area (TPSA) is 38.0 Å². The maximum absolute atomic E-state index is 5.91. The van der Waals surface area contributed by atoms with Crippen LogP contribution >= 0.6 is 35.6 Å². The van der Waals surface area contributed by atoms with Crippen LogP contribution < -0.4 is 11.1 Å². The first-order chi connectivity index (χ1) is 7.15. The number of benzene rings is 1. The number of thioether (sulfide) groups is 1. The molecule has 0 aliphatic carbocycles. The minimum Gasteiger partial charge on any atom is -0.389 e. The zero-order valence-corrected chi connectivity index (χ0v) is 10.8. The molecule has 1 aromatic carbocycles. The predicted molar refractivity (Wildman–Crippen MR) is 74.2 cm³/mol. The predicted octanol–water partition coefficient (Wildman–Crippen LogP) is 2.75. The monoisotopic (exact) mass is 260 g/mol. The molecule has 1 aromatic rings. The first kappa shape index (κ1) is 12.6. The molecule has 0 unspecified atom stereocenters. The highest BCUT2D eigenvalue weighted by molar-refractivity contribution is 7.98. The number of thiocarbonyl (C=S) groups is 1. The van der Waals surface area contributed by atoms with Crippen LogP contribution in [0.2, 0.25) is 5.02 Å². The number of halogens is 1. The van der Waals surface area contributed by atoms with Crippen LogP contribution in [0, 0.1) is 0 Å². The molecule has 0 bridgehead atoms. The Morgan fingerprint density at radius 1 is 1.60 bits per heavy atom. The third-order valence-electron chi connectivity index (χ3n) is 1.87. The Morgan fingerprint density at radius 3 is 2.93 bits per heavy atom. The van der Waals surface area contributed by atoms with Gasteiger partial charge in [0.15, 0.2) is 0 Å². The van der Waals surface area contributed by atoms with E-state index in [2.05, 4.69) is 11.6 Å². The number of anilines is 1. The highest BCUT2D eigenvalue weighted by Gasteiger charge is 2.04. The van der Waals surface area contributed by atoms with Crippen LogP contribution in [0.4, 0.5) is 5.69 Å². The second-order valence-corrected chi connectivity index (χ2v) is 4.84. The van der Waals surface area contributed by atoms with E-state index in [9.17, 15) is 0 Å². The second-order valence-electron chi connectivity index (χ2n) is 2.97. The summed E-state index contributed by atoms with van der Waals surface area (Å²) in [5, 5.41) is 3.95. The van der Waals surface area contributed by atoms with Gasteiger partial charge in [0.05, 0.1) is 0 Å². The number of rotatable bonds is 5. The van der Waals surface area contributed by atoms with Crippen LogP contribution in [0.5, 0.6) is 0 Å². The molecular weight excluding hydrogens is 248 g/mol. The summed E-state index contributed by atoms with van der Waals surface area (Å²) < 4.78 is 0. The van der Waals surface area contributed by atoms with Crippen molar-refractivity contribution in [2.24, 2.45) is 5.73 Å². The summed E-state index contributed by atoms with van der Waals surface area (Å²) in [7, 11) is 0. The van der Waals surface area contributed by atoms with E-state index in [4.69, 9.17) is 29.6 Å². The highest BCUT2D eigenvalue weighted by Crippen LogP contribution is 2.20. The molecule has 0 atom stereocenters. The fraction of sp³-hybridized carbons (Fsp3) is 0.300. The first-order valence-corrected chi connectivity index (χ1v) is 6.65. The lowest BCUT2D eigenvalue weighted by atomic mass is 10.2. The molecule has 5 heteroatoms. The molecule has 3 N–H and O–H groups in total. The number of nitrogens with one attached hydrogen (secondary N) is 1. The van der Waals surface area contributed by atoms with Gasteiger partial charge in [0, 0.05) is 28.6 Å². The van der Waals surface area contributed by atoms with Crippen LogP contribution in [0.15, 0.2) is 18.2 Å². The van der Waals surface area contributed by atoms with Crippen LogP contribution in [0.3, 0.4) is 0 Å². The van der Waals surface area contributed by atoms with Gasteiger partial charge in [-0.05, 0) is 24.5 Å². The summed E-state index contributed by atoms with van der Waals surface area (Å²) in [5.41, 5.74) is 7.36. The molecule has 0 heterocycles. The van der Waals surface area contributed by atoms with Gasteiger partial charge in [0.2, 0.25) is 0 Å². The molecule has 2 nitrogen and oxygen atoms in total. The van der Waals surface area contributed by atoms with Crippen LogP contribution in [0.25, 0.3) is 0 Å². The first-order valence-electron chi connectivity index (χ1n) is 4.47. The van der Waals surface area contributed by atoms with Gasteiger partial charge >= 0.3 is 0 Å². The number of hydrogen-bond donors (Lipinski definition) is 2. The highest BCUT2D eigenvalue weighted by atomic mass is 35.5. The molecule has 15 heavy (non-hydrogen) atoms. The van der Waals surface area contributed by atoms with Crippen molar-refractivity contribution in [3.8, 4) is 0 Å². The molecular formula is C10H13ClN2S2. The van der Waals surface area contributed by atoms with Gasteiger partial charge in [-0.1, -0.05) is 23.8 Å². The molecule has 0 aliphatic rings. The summed E-state index contributed by atoms with van der Waals surface area (Å²) in [6, 6.07) is 5.47. The van der Waals surface area contributed by atoms with E-state index in [1.807, 2.05) is 12.1 Å². The summed E-state index contributed by atoms with van der Waals surface area (Å²) in [4.78, 5) is 0.387. The maximum Gasteiger partial charge on any atom is 0.106 e. The van der Waals surface area contributed by atoms with Gasteiger partial charge in [-0.15, -0.1) is 0 Å². The molecule has 0 fully saturated rings. The zero-order valence-electron chi connectivity index (χ0n) is 8.42. The van der Waals surface area contributed by atoms with Crippen molar-refractivity contribution < 1.29 is 0 Å². The van der Waals surface area contributed by atoms with Crippen LogP contribution in [0.1, 0.15) is 5.56 Å². The number of nitrogens with two attached hydrogens (primary N) is 1. The molecule has 0 radical (unpaired) electrons. The smallest absolute Gasteiger partial charge is 0.106 e. The summed E-state index contributed by atoms with van der Waals surface area (Å²) in [6.07, 6.45) is 2.06. The largest absolute Gasteiger partial charge is 0.389 e. The van der Waals surface area contributed by atoms with Gasteiger partial charge in [-0.2, -0.15) is 11.8 Å². The van der Waals surface area contributed by atoms with Crippen molar-refractivity contribution in [3.63, 3.8) is 0 Å². The summed E-state index contributed by atoms with van der Waals surface area (Å²) in [6.45, 7) is 0.872. The lowest BCUT2D eigenvalue weighted by Gasteiger charge is -2.10. The molecule has 0 saturated carbocycles. The van der Waals surface area contributed by atoms with Gasteiger partial charge < -0.3 is 11.1 Å². The standard InChI is InChI=1S/C10H13ClN2S2/c1-15-5-4-13-9-6-7(11)2-3-8(9)10(12)14/h2-3,6,13H,4-5H2,1H3,(H2,12,14). The van der Waals surface area contributed by atoms with E-state index in [-0.39, 0.29) is 0 Å². The Morgan fingerprint density at radius 2 is 2.33 bits per heavy atom. The third kappa shape index (κ3) is 3.89. The molecule has 0 aromatic heterocycles. The lowest BCUT2D eigenvalue weighted by Crippen LogP contribution is -2.14. The van der Waals surface area contributed by atoms with Crippen molar-refractivity contribution in [1.29, 1.82) is 0 Å². The van der Waals surface area contributed by atoms with Crippen molar-refractivity contribution in [2.75, 3.05) is 23.9 Å². The van der Waals surface area contributed by atoms with Crippen LogP contribution in [-0.2, 0) is 0 Å². The Labute approximate surface area is 105 Å². The summed E-state index contributed by atoms with van der Waals surface area (Å²) in [5.74, 6) is 1.03. The maximum atomic E-state index is 5.91. The van der Waals surface area contributed by atoms with E-state index in [0.717, 1.165) is 23.5 Å². The quantitative estimate of drug-likeness (QED) is 0.631. The third-order valence-corrected chi connectivity index (χ3v) is 2.94. The van der Waals surface area contributed by atoms with Gasteiger partial charge in [-0.25, -0.2) is 0 Å². The molecule has 1 rings (SSSR count). The average Bonchev–Trinajstić information content (AvgIpc) is 2.18. The molecule has 0 amide bonds. The fourth-order valence-corrected chi connectivity index (χ4v) is 1.82. The zero-order chi connectivity index (χ0) is 11.3. The minimum absolute atomic E-state index is 0.387. The number of hydrogen-bond acceptors (Lipinski definition) is 3. The average molecular weight is 261 g/mol. The Kier molecular flexibility index (Phi) is 5.22. The Balaban J connectivity index is 2.82. The summed E-state index contributed by atoms with van der Waals surface area (Å²) >= 11 is 12.6. The van der Waals surface area contributed by atoms with Crippen molar-refractivity contribution in [2.45, 2.75) is 0 Å². The normalized spacial score (nSPS) is 10.0. The molecule has 82 valence electrons. The van der Waals surface area contributed by atoms with E-state index in [1.54, 1.807) is 17.8 Å². The fourth-order valence-electron chi connectivity index (χ4n) is 1.17. The van der Waals surface area contributed by atoms with E-state index in [0.29, 0.717) is 10.0 Å². The minimum atomic E-state index is 0.387.